The van der Waals surface area contributed by atoms with Crippen molar-refractivity contribution in [2.45, 2.75) is 17.4 Å². The summed E-state index contributed by atoms with van der Waals surface area (Å²) < 4.78 is 53.1. The van der Waals surface area contributed by atoms with Gasteiger partial charge >= 0.3 is 0 Å². The molecule has 0 bridgehead atoms. The summed E-state index contributed by atoms with van der Waals surface area (Å²) in [4.78, 5) is 3.88. The predicted molar refractivity (Wildman–Crippen MR) is 104 cm³/mol. The van der Waals surface area contributed by atoms with Gasteiger partial charge in [0, 0.05) is 18.8 Å². The van der Waals surface area contributed by atoms with E-state index >= 15 is 0 Å². The van der Waals surface area contributed by atoms with Crippen molar-refractivity contribution >= 4 is 32.9 Å². The van der Waals surface area contributed by atoms with Gasteiger partial charge in [-0.2, -0.15) is 11.3 Å². The van der Waals surface area contributed by atoms with Crippen molar-refractivity contribution in [1.29, 1.82) is 0 Å². The Balaban J connectivity index is 1.68. The molecule has 0 saturated heterocycles. The summed E-state index contributed by atoms with van der Waals surface area (Å²) in [5.41, 5.74) is -0.450. The van der Waals surface area contributed by atoms with E-state index in [1.54, 1.807) is 6.92 Å². The first kappa shape index (κ1) is 20.2. The summed E-state index contributed by atoms with van der Waals surface area (Å²) in [6.07, 6.45) is 1.13. The Labute approximate surface area is 164 Å². The standard InChI is InChI=1S/C18H17F2N3O3S2/c1-18(24,12-6-7-27-10-12)11-22-17-5-3-14(9-21-17)28(25,26)23-13-2-4-15(19)16(20)8-13/h2-10,23-24H,11H2,1H3,(H,21,22). The fourth-order valence-corrected chi connectivity index (χ4v) is 4.13. The number of thiophene rings is 1. The lowest BCUT2D eigenvalue weighted by molar-refractivity contribution is 0.0719. The molecule has 0 spiro atoms. The van der Waals surface area contributed by atoms with E-state index in [4.69, 9.17) is 0 Å². The molecule has 1 aromatic carbocycles. The predicted octanol–water partition coefficient (Wildman–Crippen LogP) is 3.54. The minimum atomic E-state index is -4.02. The average Bonchev–Trinajstić information content (AvgIpc) is 3.19. The van der Waals surface area contributed by atoms with Crippen molar-refractivity contribution in [3.63, 3.8) is 0 Å². The average molecular weight is 425 g/mol. The molecule has 1 atom stereocenters. The normalized spacial score (nSPS) is 13.7. The number of benzene rings is 1. The molecule has 3 rings (SSSR count). The number of halogens is 2. The summed E-state index contributed by atoms with van der Waals surface area (Å²) in [6.45, 7) is 1.84. The van der Waals surface area contributed by atoms with Crippen molar-refractivity contribution in [2.24, 2.45) is 0 Å². The van der Waals surface area contributed by atoms with Crippen LogP contribution >= 0.6 is 11.3 Å². The molecule has 2 heterocycles. The minimum Gasteiger partial charge on any atom is -0.384 e. The molecule has 3 aromatic rings. The quantitative estimate of drug-likeness (QED) is 0.539. The SMILES string of the molecule is CC(O)(CNc1ccc(S(=O)(=O)Nc2ccc(F)c(F)c2)cn1)c1ccsc1. The monoisotopic (exact) mass is 425 g/mol. The zero-order valence-corrected chi connectivity index (χ0v) is 16.3. The molecule has 28 heavy (non-hydrogen) atoms. The van der Waals surface area contributed by atoms with Gasteiger partial charge in [-0.25, -0.2) is 22.2 Å². The number of aliphatic hydroxyl groups is 1. The maximum Gasteiger partial charge on any atom is 0.263 e. The maximum absolute atomic E-state index is 13.2. The molecule has 148 valence electrons. The van der Waals surface area contributed by atoms with Crippen LogP contribution in [-0.4, -0.2) is 25.1 Å². The molecule has 0 amide bonds. The van der Waals surface area contributed by atoms with Gasteiger partial charge in [0.25, 0.3) is 10.0 Å². The molecule has 0 aliphatic heterocycles. The van der Waals surface area contributed by atoms with Crippen LogP contribution in [0.3, 0.4) is 0 Å². The maximum atomic E-state index is 13.2. The van der Waals surface area contributed by atoms with Gasteiger partial charge in [-0.3, -0.25) is 4.72 Å². The minimum absolute atomic E-state index is 0.104. The molecule has 0 radical (unpaired) electrons. The Hall–Kier alpha value is -2.56. The van der Waals surface area contributed by atoms with Crippen LogP contribution in [-0.2, 0) is 15.6 Å². The number of nitrogens with zero attached hydrogens (tertiary/aromatic N) is 1. The highest BCUT2D eigenvalue weighted by Crippen LogP contribution is 2.24. The van der Waals surface area contributed by atoms with Crippen LogP contribution in [0.25, 0.3) is 0 Å². The first-order chi connectivity index (χ1) is 13.2. The van der Waals surface area contributed by atoms with Gasteiger partial charge in [-0.15, -0.1) is 0 Å². The molecule has 0 aliphatic carbocycles. The van der Waals surface area contributed by atoms with Gasteiger partial charge in [0.2, 0.25) is 0 Å². The van der Waals surface area contributed by atoms with Gasteiger partial charge in [-0.05, 0) is 53.6 Å². The first-order valence-electron chi connectivity index (χ1n) is 8.10. The zero-order chi connectivity index (χ0) is 20.4. The lowest BCUT2D eigenvalue weighted by Crippen LogP contribution is -2.30. The number of rotatable bonds is 7. The fraction of sp³-hybridized carbons (Fsp3) is 0.167. The number of aromatic nitrogens is 1. The molecule has 3 N–H and O–H groups in total. The Morgan fingerprint density at radius 2 is 1.96 bits per heavy atom. The van der Waals surface area contributed by atoms with Gasteiger partial charge in [0.15, 0.2) is 11.6 Å². The second-order valence-electron chi connectivity index (χ2n) is 6.25. The van der Waals surface area contributed by atoms with Crippen LogP contribution < -0.4 is 10.0 Å². The molecule has 6 nitrogen and oxygen atoms in total. The van der Waals surface area contributed by atoms with Crippen molar-refractivity contribution < 1.29 is 22.3 Å². The Bertz CT molecular complexity index is 1050. The smallest absolute Gasteiger partial charge is 0.263 e. The summed E-state index contributed by atoms with van der Waals surface area (Å²) in [6, 6.07) is 7.28. The molecule has 10 heteroatoms. The van der Waals surface area contributed by atoms with E-state index in [0.717, 1.165) is 30.0 Å². The Morgan fingerprint density at radius 1 is 1.18 bits per heavy atom. The largest absolute Gasteiger partial charge is 0.384 e. The number of anilines is 2. The summed E-state index contributed by atoms with van der Waals surface area (Å²) in [7, 11) is -4.02. The van der Waals surface area contributed by atoms with Crippen molar-refractivity contribution in [3.05, 3.63) is 70.6 Å². The van der Waals surface area contributed by atoms with Gasteiger partial charge in [0.1, 0.15) is 16.3 Å². The van der Waals surface area contributed by atoms with E-state index < -0.39 is 27.3 Å². The van der Waals surface area contributed by atoms with Crippen LogP contribution in [0.4, 0.5) is 20.3 Å². The van der Waals surface area contributed by atoms with Crippen LogP contribution in [0.5, 0.6) is 0 Å². The van der Waals surface area contributed by atoms with Crippen molar-refractivity contribution in [3.8, 4) is 0 Å². The number of sulfonamides is 1. The molecule has 1 unspecified atom stereocenters. The lowest BCUT2D eigenvalue weighted by Gasteiger charge is -2.23. The molecule has 0 aliphatic rings. The van der Waals surface area contributed by atoms with Gasteiger partial charge in [-0.1, -0.05) is 0 Å². The topological polar surface area (TPSA) is 91.3 Å². The molecule has 0 saturated carbocycles. The highest BCUT2D eigenvalue weighted by atomic mass is 32.2. The number of nitrogens with one attached hydrogen (secondary N) is 2. The molecule has 2 aromatic heterocycles. The highest BCUT2D eigenvalue weighted by Gasteiger charge is 2.23. The number of hydrogen-bond donors (Lipinski definition) is 3. The van der Waals surface area contributed by atoms with Gasteiger partial charge in [0.05, 0.1) is 5.69 Å². The second kappa shape index (κ2) is 7.82. The number of hydrogen-bond acceptors (Lipinski definition) is 6. The Kier molecular flexibility index (Phi) is 5.64. The third-order valence-corrected chi connectivity index (χ3v) is 6.03. The van der Waals surface area contributed by atoms with Crippen molar-refractivity contribution in [1.82, 2.24) is 4.98 Å². The zero-order valence-electron chi connectivity index (χ0n) is 14.7. The van der Waals surface area contributed by atoms with Crippen LogP contribution in [0, 0.1) is 11.6 Å². The van der Waals surface area contributed by atoms with E-state index in [2.05, 4.69) is 15.0 Å². The van der Waals surface area contributed by atoms with E-state index in [1.807, 2.05) is 16.8 Å². The summed E-state index contributed by atoms with van der Waals surface area (Å²) in [5.74, 6) is -1.85. The first-order valence-corrected chi connectivity index (χ1v) is 10.5. The highest BCUT2D eigenvalue weighted by molar-refractivity contribution is 7.92. The van der Waals surface area contributed by atoms with Gasteiger partial charge < -0.3 is 10.4 Å². The van der Waals surface area contributed by atoms with Crippen LogP contribution in [0.15, 0.2) is 58.3 Å². The van der Waals surface area contributed by atoms with E-state index in [1.165, 1.54) is 23.5 Å². The molecular weight excluding hydrogens is 408 g/mol. The number of pyridine rings is 1. The van der Waals surface area contributed by atoms with E-state index in [0.29, 0.717) is 5.82 Å². The second-order valence-corrected chi connectivity index (χ2v) is 8.72. The Morgan fingerprint density at radius 3 is 2.57 bits per heavy atom. The molecular formula is C18H17F2N3O3S2. The van der Waals surface area contributed by atoms with E-state index in [-0.39, 0.29) is 17.1 Å². The van der Waals surface area contributed by atoms with Crippen molar-refractivity contribution in [2.75, 3.05) is 16.6 Å². The summed E-state index contributed by atoms with van der Waals surface area (Å²) in [5, 5.41) is 17.1. The third kappa shape index (κ3) is 4.64. The summed E-state index contributed by atoms with van der Waals surface area (Å²) >= 11 is 1.47. The fourth-order valence-electron chi connectivity index (χ4n) is 2.35. The lowest BCUT2D eigenvalue weighted by atomic mass is 9.99. The third-order valence-electron chi connectivity index (χ3n) is 3.98. The molecule has 0 fully saturated rings. The van der Waals surface area contributed by atoms with Crippen LogP contribution in [0.2, 0.25) is 0 Å². The van der Waals surface area contributed by atoms with E-state index in [9.17, 15) is 22.3 Å². The van der Waals surface area contributed by atoms with Crippen LogP contribution in [0.1, 0.15) is 12.5 Å².